The molecule has 2 N–H and O–H groups in total. The van der Waals surface area contributed by atoms with E-state index < -0.39 is 23.0 Å². The number of aliphatic hydroxyl groups excluding tert-OH is 1. The largest absolute Gasteiger partial charge is 0.490 e. The van der Waals surface area contributed by atoms with Gasteiger partial charge in [-0.15, -0.1) is 0 Å². The predicted molar refractivity (Wildman–Crippen MR) is 156 cm³/mol. The number of benzene rings is 1. The molecule has 1 aromatic carbocycles. The van der Waals surface area contributed by atoms with Gasteiger partial charge in [-0.25, -0.2) is 4.79 Å². The Hall–Kier alpha value is -3.27. The molecule has 228 valence electrons. The maximum Gasteiger partial charge on any atom is 0.328 e. The molecule has 0 aliphatic heterocycles. The number of hydrogen-bond acceptors (Lipinski definition) is 8. The Morgan fingerprint density at radius 3 is 2.61 bits per heavy atom. The first-order chi connectivity index (χ1) is 19.7. The molecule has 0 heterocycles. The van der Waals surface area contributed by atoms with E-state index in [-0.39, 0.29) is 42.0 Å². The number of nitro benzene ring substituents is 1. The molecular formula is C31H46N2O8. The summed E-state index contributed by atoms with van der Waals surface area (Å²) in [7, 11) is 2.56. The Bertz CT molecular complexity index is 1040. The number of carbonyl (C=O) groups excluding carboxylic acids is 3. The van der Waals surface area contributed by atoms with E-state index in [0.29, 0.717) is 24.2 Å². The van der Waals surface area contributed by atoms with Crippen LogP contribution in [0.5, 0.6) is 5.75 Å². The molecule has 10 heteroatoms. The van der Waals surface area contributed by atoms with Crippen molar-refractivity contribution in [2.45, 2.75) is 103 Å². The Labute approximate surface area is 243 Å². The number of nitrogens with zero attached hydrogens (tertiary/aromatic N) is 1. The lowest BCUT2D eigenvalue weighted by molar-refractivity contribution is -0.385. The highest BCUT2D eigenvalue weighted by atomic mass is 16.6. The van der Waals surface area contributed by atoms with E-state index in [1.807, 2.05) is 12.2 Å². The van der Waals surface area contributed by atoms with E-state index in [1.165, 1.54) is 26.4 Å². The number of methoxy groups -OCH3 is 2. The molecule has 1 unspecified atom stereocenters. The van der Waals surface area contributed by atoms with Crippen molar-refractivity contribution in [1.82, 2.24) is 5.32 Å². The summed E-state index contributed by atoms with van der Waals surface area (Å²) in [5.41, 5.74) is 0.274. The second-order valence-electron chi connectivity index (χ2n) is 10.8. The highest BCUT2D eigenvalue weighted by Gasteiger charge is 2.32. The number of hydrogen-bond donors (Lipinski definition) is 2. The molecular weight excluding hydrogens is 528 g/mol. The van der Waals surface area contributed by atoms with Crippen LogP contribution < -0.4 is 10.1 Å². The van der Waals surface area contributed by atoms with Crippen molar-refractivity contribution in [3.8, 4) is 5.75 Å². The number of ketones is 1. The van der Waals surface area contributed by atoms with Gasteiger partial charge in [0.05, 0.1) is 25.2 Å². The van der Waals surface area contributed by atoms with E-state index in [4.69, 9.17) is 9.47 Å². The van der Waals surface area contributed by atoms with Crippen LogP contribution in [0.1, 0.15) is 89.5 Å². The summed E-state index contributed by atoms with van der Waals surface area (Å²) in [4.78, 5) is 48.0. The number of ether oxygens (including phenoxy) is 2. The quantitative estimate of drug-likeness (QED) is 0.0750. The highest BCUT2D eigenvalue weighted by molar-refractivity contribution is 5.85. The van der Waals surface area contributed by atoms with Gasteiger partial charge in [-0.2, -0.15) is 0 Å². The maximum absolute atomic E-state index is 12.6. The molecule has 1 aliphatic carbocycles. The lowest BCUT2D eigenvalue weighted by Gasteiger charge is -2.17. The molecule has 2 rings (SSSR count). The van der Waals surface area contributed by atoms with Crippen LogP contribution in [0.25, 0.3) is 0 Å². The number of aliphatic hydroxyl groups is 1. The fourth-order valence-electron chi connectivity index (χ4n) is 5.36. The Morgan fingerprint density at radius 2 is 1.93 bits per heavy atom. The second-order valence-corrected chi connectivity index (χ2v) is 10.8. The third-order valence-corrected chi connectivity index (χ3v) is 7.71. The standard InChI is InChI=1S/C31H46N2O8/c1-4-5-8-11-24(34)17-15-23-16-18-28(35)25(23)12-9-6-7-10-13-30(36)32-26(31(37)41-3)20-22-14-19-29(40-2)27(21-22)33(38)39/h14-15,17,19,21,23-26,34H,4-13,16,18,20H2,1-3H3,(H,32,36)/t23-,24+,25+,26?/m0/s1. The second kappa shape index (κ2) is 18.2. The summed E-state index contributed by atoms with van der Waals surface area (Å²) >= 11 is 0. The fourth-order valence-corrected chi connectivity index (χ4v) is 5.36. The monoisotopic (exact) mass is 574 g/mol. The molecule has 0 saturated heterocycles. The summed E-state index contributed by atoms with van der Waals surface area (Å²) in [5.74, 6) is -0.315. The number of esters is 1. The summed E-state index contributed by atoms with van der Waals surface area (Å²) in [6.45, 7) is 2.13. The van der Waals surface area contributed by atoms with E-state index in [1.54, 1.807) is 6.07 Å². The van der Waals surface area contributed by atoms with Crippen molar-refractivity contribution in [3.63, 3.8) is 0 Å². The third-order valence-electron chi connectivity index (χ3n) is 7.71. The van der Waals surface area contributed by atoms with Crippen molar-refractivity contribution >= 4 is 23.3 Å². The molecule has 1 aliphatic rings. The average molecular weight is 575 g/mol. The minimum absolute atomic E-state index is 0.00647. The van der Waals surface area contributed by atoms with Gasteiger partial charge >= 0.3 is 11.7 Å². The number of Topliss-reactive ketones (excluding diaryl/α,β-unsaturated/α-hetero) is 1. The first-order valence-electron chi connectivity index (χ1n) is 14.8. The molecule has 1 saturated carbocycles. The number of allylic oxidation sites excluding steroid dienone is 1. The van der Waals surface area contributed by atoms with Crippen molar-refractivity contribution in [2.75, 3.05) is 14.2 Å². The Kier molecular flexibility index (Phi) is 15.1. The maximum atomic E-state index is 12.6. The zero-order chi connectivity index (χ0) is 30.2. The molecule has 1 amide bonds. The van der Waals surface area contributed by atoms with E-state index in [2.05, 4.69) is 12.2 Å². The fraction of sp³-hybridized carbons (Fsp3) is 0.645. The number of nitrogens with one attached hydrogen (secondary N) is 1. The van der Waals surface area contributed by atoms with Gasteiger partial charge in [0.1, 0.15) is 11.8 Å². The molecule has 0 spiro atoms. The molecule has 10 nitrogen and oxygen atoms in total. The van der Waals surface area contributed by atoms with Crippen LogP contribution >= 0.6 is 0 Å². The van der Waals surface area contributed by atoms with Crippen LogP contribution in [-0.4, -0.2) is 54.1 Å². The topological polar surface area (TPSA) is 145 Å². The van der Waals surface area contributed by atoms with Crippen LogP contribution in [0.2, 0.25) is 0 Å². The Morgan fingerprint density at radius 1 is 1.17 bits per heavy atom. The van der Waals surface area contributed by atoms with Gasteiger partial charge in [0, 0.05) is 31.2 Å². The number of nitro groups is 1. The van der Waals surface area contributed by atoms with Gasteiger partial charge < -0.3 is 19.9 Å². The van der Waals surface area contributed by atoms with Crippen molar-refractivity contribution in [1.29, 1.82) is 0 Å². The summed E-state index contributed by atoms with van der Waals surface area (Å²) in [6, 6.07) is 3.42. The summed E-state index contributed by atoms with van der Waals surface area (Å²) < 4.78 is 9.84. The van der Waals surface area contributed by atoms with Crippen LogP contribution in [0.3, 0.4) is 0 Å². The van der Waals surface area contributed by atoms with E-state index in [0.717, 1.165) is 57.8 Å². The highest BCUT2D eigenvalue weighted by Crippen LogP contribution is 2.34. The molecule has 0 aromatic heterocycles. The first-order valence-corrected chi connectivity index (χ1v) is 14.8. The minimum Gasteiger partial charge on any atom is -0.490 e. The van der Waals surface area contributed by atoms with Crippen molar-refractivity contribution in [2.24, 2.45) is 11.8 Å². The van der Waals surface area contributed by atoms with Gasteiger partial charge in [0.25, 0.3) is 0 Å². The Balaban J connectivity index is 1.76. The van der Waals surface area contributed by atoms with Crippen LogP contribution in [-0.2, 0) is 25.5 Å². The van der Waals surface area contributed by atoms with Crippen LogP contribution in [0, 0.1) is 22.0 Å². The minimum atomic E-state index is -0.968. The normalized spacial score (nSPS) is 18.3. The van der Waals surface area contributed by atoms with Gasteiger partial charge in [0.2, 0.25) is 5.91 Å². The predicted octanol–water partition coefficient (Wildman–Crippen LogP) is 5.24. The molecule has 0 bridgehead atoms. The van der Waals surface area contributed by atoms with Crippen LogP contribution in [0.15, 0.2) is 30.4 Å². The first kappa shape index (κ1) is 33.9. The summed E-state index contributed by atoms with van der Waals surface area (Å²) in [6.07, 6.45) is 13.2. The molecule has 4 atom stereocenters. The lowest BCUT2D eigenvalue weighted by Crippen LogP contribution is -2.43. The van der Waals surface area contributed by atoms with Crippen molar-refractivity contribution < 1.29 is 33.9 Å². The van der Waals surface area contributed by atoms with E-state index in [9.17, 15) is 29.6 Å². The smallest absolute Gasteiger partial charge is 0.328 e. The summed E-state index contributed by atoms with van der Waals surface area (Å²) in [5, 5.41) is 24.2. The number of carbonyl (C=O) groups is 3. The van der Waals surface area contributed by atoms with Gasteiger partial charge in [-0.1, -0.05) is 63.7 Å². The zero-order valence-corrected chi connectivity index (χ0v) is 24.6. The number of unbranched alkanes of at least 4 members (excludes halogenated alkanes) is 5. The third kappa shape index (κ3) is 11.6. The van der Waals surface area contributed by atoms with Gasteiger partial charge in [-0.3, -0.25) is 19.7 Å². The average Bonchev–Trinajstić information content (AvgIpc) is 3.31. The zero-order valence-electron chi connectivity index (χ0n) is 24.6. The molecule has 1 fully saturated rings. The lowest BCUT2D eigenvalue weighted by atomic mass is 9.89. The van der Waals surface area contributed by atoms with Crippen molar-refractivity contribution in [3.05, 3.63) is 46.0 Å². The molecule has 0 radical (unpaired) electrons. The van der Waals surface area contributed by atoms with Gasteiger partial charge in [-0.05, 0) is 43.2 Å². The number of rotatable bonds is 19. The SMILES string of the molecule is CCCCC[C@@H](O)C=C[C@H]1CCC(=O)[C@@H]1CCCCCCC(=O)NC(Cc1ccc(OC)c([N+](=O)[O-])c1)C(=O)OC. The van der Waals surface area contributed by atoms with Crippen LogP contribution in [0.4, 0.5) is 5.69 Å². The van der Waals surface area contributed by atoms with E-state index >= 15 is 0 Å². The molecule has 41 heavy (non-hydrogen) atoms. The van der Waals surface area contributed by atoms with Gasteiger partial charge in [0.15, 0.2) is 5.75 Å². The molecule has 1 aromatic rings. The number of amides is 1.